The maximum absolute atomic E-state index is 12.0. The highest BCUT2D eigenvalue weighted by molar-refractivity contribution is 7.07. The van der Waals surface area contributed by atoms with Crippen LogP contribution in [0.1, 0.15) is 19.4 Å². The molecular weight excluding hydrogens is 238 g/mol. The van der Waals surface area contributed by atoms with Crippen molar-refractivity contribution in [1.29, 1.82) is 0 Å². The van der Waals surface area contributed by atoms with Crippen molar-refractivity contribution in [2.75, 3.05) is 6.54 Å². The predicted molar refractivity (Wildman–Crippen MR) is 68.3 cm³/mol. The highest BCUT2D eigenvalue weighted by Crippen LogP contribution is 2.09. The van der Waals surface area contributed by atoms with Crippen molar-refractivity contribution in [3.8, 4) is 0 Å². The molecule has 5 nitrogen and oxygen atoms in total. The number of hydrogen-bond donors (Lipinski definition) is 2. The summed E-state index contributed by atoms with van der Waals surface area (Å²) in [5.41, 5.74) is 6.42. The number of carbonyl (C=O) groups is 1. The Bertz CT molecular complexity index is 387. The van der Waals surface area contributed by atoms with Gasteiger partial charge in [-0.15, -0.1) is 0 Å². The van der Waals surface area contributed by atoms with Gasteiger partial charge in [0.2, 0.25) is 5.91 Å². The molecule has 0 atom stereocenters. The van der Waals surface area contributed by atoms with Crippen molar-refractivity contribution in [3.63, 3.8) is 0 Å². The van der Waals surface area contributed by atoms with E-state index in [1.807, 2.05) is 30.7 Å². The van der Waals surface area contributed by atoms with Crippen LogP contribution in [0.25, 0.3) is 0 Å². The van der Waals surface area contributed by atoms with Crippen molar-refractivity contribution in [2.45, 2.75) is 26.3 Å². The number of amides is 1. The number of oxime groups is 1. The molecule has 0 saturated heterocycles. The topological polar surface area (TPSA) is 78.9 Å². The zero-order valence-electron chi connectivity index (χ0n) is 9.96. The van der Waals surface area contributed by atoms with E-state index in [2.05, 4.69) is 5.16 Å². The van der Waals surface area contributed by atoms with Crippen LogP contribution in [-0.4, -0.2) is 34.4 Å². The van der Waals surface area contributed by atoms with Gasteiger partial charge < -0.3 is 15.8 Å². The van der Waals surface area contributed by atoms with Gasteiger partial charge in [-0.2, -0.15) is 11.3 Å². The smallest absolute Gasteiger partial charge is 0.227 e. The summed E-state index contributed by atoms with van der Waals surface area (Å²) >= 11 is 1.56. The van der Waals surface area contributed by atoms with Gasteiger partial charge in [-0.1, -0.05) is 5.16 Å². The van der Waals surface area contributed by atoms with E-state index in [1.54, 1.807) is 16.2 Å². The first-order valence-corrected chi connectivity index (χ1v) is 6.25. The first-order chi connectivity index (χ1) is 8.04. The second-order valence-corrected chi connectivity index (χ2v) is 4.80. The Morgan fingerprint density at radius 2 is 2.35 bits per heavy atom. The van der Waals surface area contributed by atoms with Crippen LogP contribution in [-0.2, 0) is 11.2 Å². The second-order valence-electron chi connectivity index (χ2n) is 4.02. The van der Waals surface area contributed by atoms with E-state index in [0.717, 1.165) is 5.56 Å². The van der Waals surface area contributed by atoms with Crippen LogP contribution >= 0.6 is 11.3 Å². The maximum atomic E-state index is 12.0. The monoisotopic (exact) mass is 255 g/mol. The molecule has 1 amide bonds. The Balaban J connectivity index is 2.67. The largest absolute Gasteiger partial charge is 0.409 e. The van der Waals surface area contributed by atoms with Crippen LogP contribution in [0, 0.1) is 0 Å². The van der Waals surface area contributed by atoms with Crippen LogP contribution in [0.5, 0.6) is 0 Å². The zero-order chi connectivity index (χ0) is 12.8. The lowest BCUT2D eigenvalue weighted by Gasteiger charge is -2.26. The molecule has 0 aliphatic heterocycles. The van der Waals surface area contributed by atoms with Gasteiger partial charge in [0.1, 0.15) is 0 Å². The van der Waals surface area contributed by atoms with Crippen LogP contribution in [0.4, 0.5) is 0 Å². The minimum absolute atomic E-state index is 0.0152. The number of carbonyl (C=O) groups excluding carboxylic acids is 1. The van der Waals surface area contributed by atoms with E-state index in [0.29, 0.717) is 6.42 Å². The summed E-state index contributed by atoms with van der Waals surface area (Å²) in [4.78, 5) is 13.6. The number of nitrogens with zero attached hydrogens (tertiary/aromatic N) is 2. The van der Waals surface area contributed by atoms with Crippen molar-refractivity contribution >= 4 is 23.1 Å². The molecule has 6 heteroatoms. The lowest BCUT2D eigenvalue weighted by atomic mass is 10.2. The highest BCUT2D eigenvalue weighted by Gasteiger charge is 2.18. The standard InChI is InChI=1S/C11H17N3O2S/c1-8(2)14(6-10(12)13-16)11(15)5-9-3-4-17-7-9/h3-4,7-8,16H,5-6H2,1-2H3,(H2,12,13). The molecule has 0 spiro atoms. The Morgan fingerprint density at radius 3 is 2.82 bits per heavy atom. The molecule has 17 heavy (non-hydrogen) atoms. The first kappa shape index (κ1) is 13.5. The summed E-state index contributed by atoms with van der Waals surface area (Å²) in [7, 11) is 0. The third-order valence-electron chi connectivity index (χ3n) is 2.34. The maximum Gasteiger partial charge on any atom is 0.227 e. The Morgan fingerprint density at radius 1 is 1.65 bits per heavy atom. The molecular formula is C11H17N3O2S. The summed E-state index contributed by atoms with van der Waals surface area (Å²) in [5, 5.41) is 15.3. The van der Waals surface area contributed by atoms with E-state index in [1.165, 1.54) is 0 Å². The van der Waals surface area contributed by atoms with Gasteiger partial charge in [-0.25, -0.2) is 0 Å². The molecule has 1 aromatic heterocycles. The second kappa shape index (κ2) is 6.24. The molecule has 0 aromatic carbocycles. The summed E-state index contributed by atoms with van der Waals surface area (Å²) in [6.07, 6.45) is 0.348. The van der Waals surface area contributed by atoms with Crippen molar-refractivity contribution in [1.82, 2.24) is 4.90 Å². The average molecular weight is 255 g/mol. The molecule has 1 rings (SSSR count). The average Bonchev–Trinajstić information content (AvgIpc) is 2.77. The normalized spacial score (nSPS) is 11.8. The zero-order valence-corrected chi connectivity index (χ0v) is 10.8. The Kier molecular flexibility index (Phi) is 4.96. The van der Waals surface area contributed by atoms with E-state index in [-0.39, 0.29) is 24.3 Å². The lowest BCUT2D eigenvalue weighted by Crippen LogP contribution is -2.43. The van der Waals surface area contributed by atoms with Gasteiger partial charge in [0.05, 0.1) is 13.0 Å². The minimum atomic E-state index is -0.0231. The molecule has 1 heterocycles. The van der Waals surface area contributed by atoms with Crippen molar-refractivity contribution in [3.05, 3.63) is 22.4 Å². The number of thiophene rings is 1. The van der Waals surface area contributed by atoms with E-state index < -0.39 is 0 Å². The number of hydrogen-bond acceptors (Lipinski definition) is 4. The molecule has 0 bridgehead atoms. The third kappa shape index (κ3) is 4.07. The van der Waals surface area contributed by atoms with Crippen LogP contribution in [0.3, 0.4) is 0 Å². The summed E-state index contributed by atoms with van der Waals surface area (Å²) < 4.78 is 0. The minimum Gasteiger partial charge on any atom is -0.409 e. The van der Waals surface area contributed by atoms with Gasteiger partial charge in [-0.3, -0.25) is 4.79 Å². The van der Waals surface area contributed by atoms with Crippen molar-refractivity contribution < 1.29 is 10.0 Å². The molecule has 0 saturated carbocycles. The number of nitrogens with two attached hydrogens (primary N) is 1. The summed E-state index contributed by atoms with van der Waals surface area (Å²) in [6, 6.07) is 1.94. The van der Waals surface area contributed by atoms with Gasteiger partial charge in [-0.05, 0) is 36.2 Å². The molecule has 0 fully saturated rings. The van der Waals surface area contributed by atoms with Gasteiger partial charge in [0.15, 0.2) is 5.84 Å². The van der Waals surface area contributed by atoms with E-state index in [4.69, 9.17) is 10.9 Å². The molecule has 94 valence electrons. The number of amidine groups is 1. The van der Waals surface area contributed by atoms with Gasteiger partial charge in [0, 0.05) is 6.04 Å². The van der Waals surface area contributed by atoms with Gasteiger partial charge >= 0.3 is 0 Å². The first-order valence-electron chi connectivity index (χ1n) is 5.31. The fourth-order valence-corrected chi connectivity index (χ4v) is 2.10. The molecule has 0 radical (unpaired) electrons. The molecule has 0 aliphatic carbocycles. The molecule has 3 N–H and O–H groups in total. The van der Waals surface area contributed by atoms with Gasteiger partial charge in [0.25, 0.3) is 0 Å². The van der Waals surface area contributed by atoms with E-state index in [9.17, 15) is 4.79 Å². The van der Waals surface area contributed by atoms with Crippen LogP contribution < -0.4 is 5.73 Å². The lowest BCUT2D eigenvalue weighted by molar-refractivity contribution is -0.131. The fourth-order valence-electron chi connectivity index (χ4n) is 1.43. The number of rotatable bonds is 5. The fraction of sp³-hybridized carbons (Fsp3) is 0.455. The molecule has 0 unspecified atom stereocenters. The molecule has 1 aromatic rings. The van der Waals surface area contributed by atoms with E-state index >= 15 is 0 Å². The van der Waals surface area contributed by atoms with Crippen molar-refractivity contribution in [2.24, 2.45) is 10.9 Å². The summed E-state index contributed by atoms with van der Waals surface area (Å²) in [6.45, 7) is 3.95. The Hall–Kier alpha value is -1.56. The van der Waals surface area contributed by atoms with Crippen LogP contribution in [0.2, 0.25) is 0 Å². The molecule has 0 aliphatic rings. The highest BCUT2D eigenvalue weighted by atomic mass is 32.1. The summed E-state index contributed by atoms with van der Waals surface area (Å²) in [5.74, 6) is 0.0161. The quantitative estimate of drug-likeness (QED) is 0.360. The van der Waals surface area contributed by atoms with Crippen LogP contribution in [0.15, 0.2) is 22.0 Å². The third-order valence-corrected chi connectivity index (χ3v) is 3.07. The predicted octanol–water partition coefficient (Wildman–Crippen LogP) is 1.27. The SMILES string of the molecule is CC(C)N(CC(N)=NO)C(=O)Cc1ccsc1. The Labute approximate surface area is 105 Å².